The van der Waals surface area contributed by atoms with E-state index in [-0.39, 0.29) is 0 Å². The molecule has 0 fully saturated rings. The first kappa shape index (κ1) is 22.4. The van der Waals surface area contributed by atoms with Gasteiger partial charge in [-0.05, 0) is 16.7 Å². The maximum atomic E-state index is 5.67. The Morgan fingerprint density at radius 1 is 0.543 bits per heavy atom. The molecule has 5 aromatic rings. The van der Waals surface area contributed by atoms with Gasteiger partial charge in [0.15, 0.2) is 11.5 Å². The maximum absolute atomic E-state index is 5.67. The largest absolute Gasteiger partial charge is 0.493 e. The fourth-order valence-corrected chi connectivity index (χ4v) is 4.53. The summed E-state index contributed by atoms with van der Waals surface area (Å²) in [5, 5.41) is 0. The van der Waals surface area contributed by atoms with E-state index in [4.69, 9.17) is 14.2 Å². The Morgan fingerprint density at radius 2 is 1.03 bits per heavy atom. The molecule has 0 saturated carbocycles. The highest BCUT2D eigenvalue weighted by atomic mass is 16.5. The van der Waals surface area contributed by atoms with Gasteiger partial charge >= 0.3 is 0 Å². The number of nitrogens with zero attached hydrogens (tertiary/aromatic N) is 1. The van der Waals surface area contributed by atoms with E-state index >= 15 is 0 Å². The average Bonchev–Trinajstić information content (AvgIpc) is 3.34. The van der Waals surface area contributed by atoms with Crippen LogP contribution in [0.1, 0.15) is 0 Å². The van der Waals surface area contributed by atoms with E-state index in [0.717, 1.165) is 39.2 Å². The molecule has 0 saturated heterocycles. The monoisotopic (exact) mass is 461 g/mol. The van der Waals surface area contributed by atoms with Crippen molar-refractivity contribution in [2.45, 2.75) is 0 Å². The van der Waals surface area contributed by atoms with Crippen LogP contribution in [-0.2, 0) is 0 Å². The second-order valence-corrected chi connectivity index (χ2v) is 8.12. The minimum Gasteiger partial charge on any atom is -0.493 e. The fourth-order valence-electron chi connectivity index (χ4n) is 4.53. The molecule has 0 atom stereocenters. The summed E-state index contributed by atoms with van der Waals surface area (Å²) < 4.78 is 19.1. The molecule has 0 unspecified atom stereocenters. The second-order valence-electron chi connectivity index (χ2n) is 8.12. The molecule has 5 rings (SSSR count). The summed E-state index contributed by atoms with van der Waals surface area (Å²) in [7, 11) is 4.89. The molecule has 0 bridgehead atoms. The lowest BCUT2D eigenvalue weighted by Crippen LogP contribution is -2.01. The molecule has 35 heavy (non-hydrogen) atoms. The molecule has 0 aliphatic carbocycles. The molecule has 4 aromatic carbocycles. The Kier molecular flexibility index (Phi) is 6.27. The van der Waals surface area contributed by atoms with Crippen molar-refractivity contribution in [2.24, 2.45) is 0 Å². The van der Waals surface area contributed by atoms with Gasteiger partial charge in [0.2, 0.25) is 5.75 Å². The number of benzene rings is 4. The van der Waals surface area contributed by atoms with E-state index in [1.165, 1.54) is 0 Å². The first-order chi connectivity index (χ1) is 17.2. The SMILES string of the molecule is COc1cc(-n2cc(-c3ccccc3)c(-c3ccccc3)c2-c2ccccc2)cc(OC)c1OC. The summed E-state index contributed by atoms with van der Waals surface area (Å²) in [6.45, 7) is 0. The minimum atomic E-state index is 0.568. The summed E-state index contributed by atoms with van der Waals surface area (Å²) in [6, 6.07) is 35.4. The highest BCUT2D eigenvalue weighted by molar-refractivity contribution is 5.95. The summed E-state index contributed by atoms with van der Waals surface area (Å²) in [5.74, 6) is 1.79. The van der Waals surface area contributed by atoms with Gasteiger partial charge in [0, 0.05) is 29.5 Å². The van der Waals surface area contributed by atoms with E-state index in [2.05, 4.69) is 83.6 Å². The van der Waals surface area contributed by atoms with Gasteiger partial charge < -0.3 is 18.8 Å². The molecular formula is C31H27NO3. The van der Waals surface area contributed by atoms with Crippen molar-refractivity contribution in [1.82, 2.24) is 4.57 Å². The predicted molar refractivity (Wildman–Crippen MR) is 142 cm³/mol. The number of hydrogen-bond acceptors (Lipinski definition) is 3. The molecule has 1 aromatic heterocycles. The van der Waals surface area contributed by atoms with Gasteiger partial charge in [0.1, 0.15) is 0 Å². The highest BCUT2D eigenvalue weighted by Crippen LogP contribution is 2.45. The lowest BCUT2D eigenvalue weighted by atomic mass is 9.94. The van der Waals surface area contributed by atoms with Crippen molar-refractivity contribution in [3.8, 4) is 56.4 Å². The predicted octanol–water partition coefficient (Wildman–Crippen LogP) is 7.50. The Labute approximate surface area is 206 Å². The molecule has 4 nitrogen and oxygen atoms in total. The summed E-state index contributed by atoms with van der Waals surface area (Å²) >= 11 is 0. The molecule has 0 N–H and O–H groups in total. The Bertz CT molecular complexity index is 1400. The van der Waals surface area contributed by atoms with E-state index in [1.54, 1.807) is 21.3 Å². The number of methoxy groups -OCH3 is 3. The Hall–Kier alpha value is -4.44. The third-order valence-electron chi connectivity index (χ3n) is 6.13. The quantitative estimate of drug-likeness (QED) is 0.251. The van der Waals surface area contributed by atoms with Crippen LogP contribution >= 0.6 is 0 Å². The van der Waals surface area contributed by atoms with E-state index in [1.807, 2.05) is 30.3 Å². The summed E-state index contributed by atoms with van der Waals surface area (Å²) in [6.07, 6.45) is 2.20. The molecule has 174 valence electrons. The number of ether oxygens (including phenoxy) is 3. The second kappa shape index (κ2) is 9.82. The lowest BCUT2D eigenvalue weighted by Gasteiger charge is -2.17. The molecular weight excluding hydrogens is 434 g/mol. The van der Waals surface area contributed by atoms with Crippen LogP contribution in [0, 0.1) is 0 Å². The van der Waals surface area contributed by atoms with Gasteiger partial charge in [-0.15, -0.1) is 0 Å². The van der Waals surface area contributed by atoms with Crippen molar-refractivity contribution >= 4 is 0 Å². The van der Waals surface area contributed by atoms with Crippen molar-refractivity contribution in [3.05, 3.63) is 109 Å². The van der Waals surface area contributed by atoms with Gasteiger partial charge in [-0.25, -0.2) is 0 Å². The van der Waals surface area contributed by atoms with Crippen LogP contribution < -0.4 is 14.2 Å². The zero-order valence-electron chi connectivity index (χ0n) is 20.1. The molecule has 0 amide bonds. The zero-order valence-corrected chi connectivity index (χ0v) is 20.1. The van der Waals surface area contributed by atoms with Crippen LogP contribution in [0.4, 0.5) is 0 Å². The fraction of sp³-hybridized carbons (Fsp3) is 0.0968. The minimum absolute atomic E-state index is 0.568. The molecule has 0 aliphatic heterocycles. The standard InChI is InChI=1S/C31H27NO3/c1-33-27-19-25(20-28(34-2)31(27)35-3)32-21-26(22-13-7-4-8-14-22)29(23-15-9-5-10-16-23)30(32)24-17-11-6-12-18-24/h4-21H,1-3H3. The molecule has 0 radical (unpaired) electrons. The first-order valence-corrected chi connectivity index (χ1v) is 11.5. The molecule has 0 spiro atoms. The maximum Gasteiger partial charge on any atom is 0.203 e. The lowest BCUT2D eigenvalue weighted by molar-refractivity contribution is 0.324. The summed E-state index contributed by atoms with van der Waals surface area (Å²) in [4.78, 5) is 0. The van der Waals surface area contributed by atoms with Gasteiger partial charge in [-0.3, -0.25) is 0 Å². The van der Waals surface area contributed by atoms with Crippen LogP contribution in [0.5, 0.6) is 17.2 Å². The van der Waals surface area contributed by atoms with Crippen LogP contribution in [0.25, 0.3) is 39.2 Å². The van der Waals surface area contributed by atoms with E-state index in [0.29, 0.717) is 17.2 Å². The molecule has 4 heteroatoms. The van der Waals surface area contributed by atoms with Crippen molar-refractivity contribution in [2.75, 3.05) is 21.3 Å². The topological polar surface area (TPSA) is 32.6 Å². The summed E-state index contributed by atoms with van der Waals surface area (Å²) in [5.41, 5.74) is 7.72. The Morgan fingerprint density at radius 3 is 1.51 bits per heavy atom. The van der Waals surface area contributed by atoms with Gasteiger partial charge in [-0.2, -0.15) is 0 Å². The Balaban J connectivity index is 1.89. The van der Waals surface area contributed by atoms with E-state index < -0.39 is 0 Å². The number of rotatable bonds is 7. The third-order valence-corrected chi connectivity index (χ3v) is 6.13. The van der Waals surface area contributed by atoms with Crippen molar-refractivity contribution < 1.29 is 14.2 Å². The average molecular weight is 462 g/mol. The van der Waals surface area contributed by atoms with Crippen LogP contribution in [0.2, 0.25) is 0 Å². The van der Waals surface area contributed by atoms with Crippen molar-refractivity contribution in [1.29, 1.82) is 0 Å². The normalized spacial score (nSPS) is 10.7. The molecule has 0 aliphatic rings. The number of aromatic nitrogens is 1. The van der Waals surface area contributed by atoms with Crippen LogP contribution in [-0.4, -0.2) is 25.9 Å². The smallest absolute Gasteiger partial charge is 0.203 e. The van der Waals surface area contributed by atoms with Crippen molar-refractivity contribution in [3.63, 3.8) is 0 Å². The highest BCUT2D eigenvalue weighted by Gasteiger charge is 2.23. The van der Waals surface area contributed by atoms with Crippen LogP contribution in [0.15, 0.2) is 109 Å². The third kappa shape index (κ3) is 4.15. The van der Waals surface area contributed by atoms with E-state index in [9.17, 15) is 0 Å². The van der Waals surface area contributed by atoms with Gasteiger partial charge in [-0.1, -0.05) is 91.0 Å². The van der Waals surface area contributed by atoms with Crippen LogP contribution in [0.3, 0.4) is 0 Å². The first-order valence-electron chi connectivity index (χ1n) is 11.5. The zero-order chi connectivity index (χ0) is 24.2. The van der Waals surface area contributed by atoms with Gasteiger partial charge in [0.05, 0.1) is 32.7 Å². The van der Waals surface area contributed by atoms with Gasteiger partial charge in [0.25, 0.3) is 0 Å². The number of hydrogen-bond donors (Lipinski definition) is 0. The molecule has 1 heterocycles.